The fourth-order valence-electron chi connectivity index (χ4n) is 2.92. The van der Waals surface area contributed by atoms with Crippen LogP contribution in [-0.4, -0.2) is 57.5 Å². The average Bonchev–Trinajstić information content (AvgIpc) is 2.67. The minimum absolute atomic E-state index is 0.00784. The molecule has 0 aliphatic carbocycles. The molecule has 0 heterocycles. The van der Waals surface area contributed by atoms with Crippen molar-refractivity contribution in [2.24, 2.45) is 5.73 Å². The molecule has 0 fully saturated rings. The molecule has 0 saturated heterocycles. The third-order valence-electron chi connectivity index (χ3n) is 4.75. The molecule has 0 aliphatic rings. The zero-order valence-corrected chi connectivity index (χ0v) is 16.9. The Labute approximate surface area is 163 Å². The summed E-state index contributed by atoms with van der Waals surface area (Å²) in [5, 5.41) is 28.6. The van der Waals surface area contributed by atoms with Crippen molar-refractivity contribution in [1.82, 2.24) is 5.06 Å². The molecule has 7 heteroatoms. The highest BCUT2D eigenvalue weighted by atomic mass is 16.5. The van der Waals surface area contributed by atoms with Gasteiger partial charge < -0.3 is 15.9 Å². The Hall–Kier alpha value is -1.02. The Morgan fingerprint density at radius 2 is 1.48 bits per heavy atom. The number of hydrogen-bond acceptors (Lipinski definition) is 6. The molecule has 0 saturated carbocycles. The highest BCUT2D eigenvalue weighted by Crippen LogP contribution is 2.13. The highest BCUT2D eigenvalue weighted by Gasteiger charge is 2.19. The molecule has 0 spiro atoms. The topological polar surface area (TPSA) is 124 Å². The number of nitrogens with two attached hydrogens (primary N) is 1. The Morgan fingerprint density at radius 3 is 2.04 bits per heavy atom. The Balaban J connectivity index is 3.56. The van der Waals surface area contributed by atoms with Crippen molar-refractivity contribution in [2.75, 3.05) is 13.2 Å². The van der Waals surface area contributed by atoms with E-state index in [2.05, 4.69) is 6.92 Å². The SMILES string of the molecule is CCCCCCC[C@H](O)CCCCCCC(=O)CCN(O)C(=O)[C@@H](N)CO. The number of rotatable bonds is 18. The normalized spacial score (nSPS) is 13.4. The minimum Gasteiger partial charge on any atom is -0.394 e. The van der Waals surface area contributed by atoms with Crippen molar-refractivity contribution in [3.63, 3.8) is 0 Å². The van der Waals surface area contributed by atoms with E-state index in [1.807, 2.05) is 0 Å². The van der Waals surface area contributed by atoms with Gasteiger partial charge in [-0.3, -0.25) is 14.8 Å². The third kappa shape index (κ3) is 14.7. The van der Waals surface area contributed by atoms with E-state index in [0.29, 0.717) is 11.5 Å². The molecule has 0 radical (unpaired) electrons. The fourth-order valence-corrected chi connectivity index (χ4v) is 2.92. The number of hydroxylamine groups is 2. The van der Waals surface area contributed by atoms with E-state index in [0.717, 1.165) is 44.9 Å². The summed E-state index contributed by atoms with van der Waals surface area (Å²) in [5.41, 5.74) is 5.31. The van der Waals surface area contributed by atoms with Crippen molar-refractivity contribution in [3.05, 3.63) is 0 Å². The monoisotopic (exact) mass is 388 g/mol. The lowest BCUT2D eigenvalue weighted by atomic mass is 10.0. The van der Waals surface area contributed by atoms with Crippen molar-refractivity contribution >= 4 is 11.7 Å². The van der Waals surface area contributed by atoms with Crippen LogP contribution in [0.1, 0.15) is 90.4 Å². The number of ketones is 1. The second-order valence-electron chi connectivity index (χ2n) is 7.35. The van der Waals surface area contributed by atoms with Gasteiger partial charge in [0.15, 0.2) is 0 Å². The van der Waals surface area contributed by atoms with E-state index < -0.39 is 18.6 Å². The number of amides is 1. The molecule has 1 amide bonds. The van der Waals surface area contributed by atoms with Gasteiger partial charge in [0.25, 0.3) is 5.91 Å². The third-order valence-corrected chi connectivity index (χ3v) is 4.75. The molecular formula is C20H40N2O5. The van der Waals surface area contributed by atoms with Crippen LogP contribution in [0.2, 0.25) is 0 Å². The van der Waals surface area contributed by atoms with Crippen molar-refractivity contribution in [2.45, 2.75) is 103 Å². The maximum absolute atomic E-state index is 11.8. The summed E-state index contributed by atoms with van der Waals surface area (Å²) in [4.78, 5) is 23.2. The molecular weight excluding hydrogens is 348 g/mol. The number of unbranched alkanes of at least 4 members (excludes halogenated alkanes) is 7. The number of Topliss-reactive ketones (excluding diaryl/α,β-unsaturated/α-hetero) is 1. The van der Waals surface area contributed by atoms with Crippen molar-refractivity contribution < 1.29 is 25.0 Å². The molecule has 5 N–H and O–H groups in total. The van der Waals surface area contributed by atoms with Crippen molar-refractivity contribution in [3.8, 4) is 0 Å². The summed E-state index contributed by atoms with van der Waals surface area (Å²) < 4.78 is 0. The maximum atomic E-state index is 11.8. The van der Waals surface area contributed by atoms with Gasteiger partial charge in [-0.1, -0.05) is 58.3 Å². The molecule has 0 aromatic heterocycles. The summed E-state index contributed by atoms with van der Waals surface area (Å²) in [5.74, 6) is -0.791. The molecule has 0 aromatic rings. The summed E-state index contributed by atoms with van der Waals surface area (Å²) in [7, 11) is 0. The van der Waals surface area contributed by atoms with Crippen LogP contribution in [0.5, 0.6) is 0 Å². The quantitative estimate of drug-likeness (QED) is 0.162. The van der Waals surface area contributed by atoms with Gasteiger partial charge >= 0.3 is 0 Å². The summed E-state index contributed by atoms with van der Waals surface area (Å²) in [6, 6.07) is -1.16. The number of carbonyl (C=O) groups excluding carboxylic acids is 2. The van der Waals surface area contributed by atoms with Crippen LogP contribution in [0.3, 0.4) is 0 Å². The van der Waals surface area contributed by atoms with E-state index in [9.17, 15) is 19.9 Å². The number of hydrogen-bond donors (Lipinski definition) is 4. The molecule has 2 atom stereocenters. The van der Waals surface area contributed by atoms with Gasteiger partial charge in [0.2, 0.25) is 0 Å². The van der Waals surface area contributed by atoms with Crippen LogP contribution < -0.4 is 5.73 Å². The summed E-state index contributed by atoms with van der Waals surface area (Å²) in [6.45, 7) is 1.55. The predicted molar refractivity (Wildman–Crippen MR) is 105 cm³/mol. The lowest BCUT2D eigenvalue weighted by Gasteiger charge is -2.17. The molecule has 160 valence electrons. The molecule has 27 heavy (non-hydrogen) atoms. The maximum Gasteiger partial charge on any atom is 0.265 e. The predicted octanol–water partition coefficient (Wildman–Crippen LogP) is 2.55. The molecule has 0 rings (SSSR count). The Kier molecular flexibility index (Phi) is 16.5. The van der Waals surface area contributed by atoms with Crippen molar-refractivity contribution in [1.29, 1.82) is 0 Å². The Bertz CT molecular complexity index is 393. The molecule has 0 aromatic carbocycles. The van der Waals surface area contributed by atoms with E-state index in [4.69, 9.17) is 10.8 Å². The molecule has 7 nitrogen and oxygen atoms in total. The van der Waals surface area contributed by atoms with E-state index in [-0.39, 0.29) is 24.9 Å². The van der Waals surface area contributed by atoms with Gasteiger partial charge in [0.1, 0.15) is 11.8 Å². The van der Waals surface area contributed by atoms with Gasteiger partial charge in [0.05, 0.1) is 19.3 Å². The first kappa shape index (κ1) is 26.0. The van der Waals surface area contributed by atoms with Crippen LogP contribution in [0.4, 0.5) is 0 Å². The molecule has 0 aliphatic heterocycles. The van der Waals surface area contributed by atoms with Crippen LogP contribution >= 0.6 is 0 Å². The fraction of sp³-hybridized carbons (Fsp3) is 0.900. The first-order valence-corrected chi connectivity index (χ1v) is 10.5. The van der Waals surface area contributed by atoms with Crippen LogP contribution in [0, 0.1) is 0 Å². The van der Waals surface area contributed by atoms with E-state index >= 15 is 0 Å². The van der Waals surface area contributed by atoms with Gasteiger partial charge in [0, 0.05) is 12.8 Å². The Morgan fingerprint density at radius 1 is 0.926 bits per heavy atom. The smallest absolute Gasteiger partial charge is 0.265 e. The summed E-state index contributed by atoms with van der Waals surface area (Å²) in [6.07, 6.45) is 11.8. The zero-order valence-electron chi connectivity index (χ0n) is 16.9. The second kappa shape index (κ2) is 17.1. The number of aliphatic hydroxyl groups excluding tert-OH is 2. The number of aliphatic hydroxyl groups is 2. The minimum atomic E-state index is -1.16. The van der Waals surface area contributed by atoms with Crippen LogP contribution in [0.15, 0.2) is 0 Å². The first-order valence-electron chi connectivity index (χ1n) is 10.5. The standard InChI is InChI=1S/C20H40N2O5/c1-2-3-4-5-8-11-17(24)12-9-6-7-10-13-18(25)14-15-22(27)20(26)19(21)16-23/h17,19,23-24,27H,2-16,21H2,1H3/t17-,19-/m0/s1. The number of carbonyl (C=O) groups is 2. The first-order chi connectivity index (χ1) is 12.9. The summed E-state index contributed by atoms with van der Waals surface area (Å²) >= 11 is 0. The van der Waals surface area contributed by atoms with Gasteiger partial charge in [-0.15, -0.1) is 0 Å². The van der Waals surface area contributed by atoms with Crippen LogP contribution in [0.25, 0.3) is 0 Å². The average molecular weight is 389 g/mol. The van der Waals surface area contributed by atoms with E-state index in [1.165, 1.54) is 25.7 Å². The van der Waals surface area contributed by atoms with E-state index in [1.54, 1.807) is 0 Å². The van der Waals surface area contributed by atoms with Gasteiger partial charge in [-0.2, -0.15) is 0 Å². The van der Waals surface area contributed by atoms with Gasteiger partial charge in [-0.05, 0) is 19.3 Å². The van der Waals surface area contributed by atoms with Crippen LogP contribution in [-0.2, 0) is 9.59 Å². The lowest BCUT2D eigenvalue weighted by Crippen LogP contribution is -2.44. The molecule has 0 unspecified atom stereocenters. The second-order valence-corrected chi connectivity index (χ2v) is 7.35. The lowest BCUT2D eigenvalue weighted by molar-refractivity contribution is -0.168. The molecule has 0 bridgehead atoms. The van der Waals surface area contributed by atoms with Gasteiger partial charge in [-0.25, -0.2) is 5.06 Å². The number of nitrogens with zero attached hydrogens (tertiary/aromatic N) is 1. The zero-order chi connectivity index (χ0) is 20.5. The highest BCUT2D eigenvalue weighted by molar-refractivity contribution is 5.82. The largest absolute Gasteiger partial charge is 0.394 e.